The molecule has 1 N–H and O–H groups in total. The van der Waals surface area contributed by atoms with E-state index in [2.05, 4.69) is 15.3 Å². The van der Waals surface area contributed by atoms with E-state index in [0.29, 0.717) is 23.8 Å². The third-order valence-electron chi connectivity index (χ3n) is 4.76. The second-order valence-corrected chi connectivity index (χ2v) is 6.86. The first kappa shape index (κ1) is 22.3. The second kappa shape index (κ2) is 9.15. The number of unbranched alkanes of at least 4 members (excludes halogenated alkanes) is 1. The number of rotatable bonds is 8. The van der Waals surface area contributed by atoms with Gasteiger partial charge in [0.15, 0.2) is 11.9 Å². The summed E-state index contributed by atoms with van der Waals surface area (Å²) in [5.41, 5.74) is -1.21. The normalized spacial score (nSPS) is 11.5. The minimum atomic E-state index is -4.54. The average molecular weight is 434 g/mol. The molecule has 3 aromatic rings. The van der Waals surface area contributed by atoms with E-state index in [-0.39, 0.29) is 35.6 Å². The molecule has 0 aliphatic rings. The number of aldehydes is 1. The minimum absolute atomic E-state index is 0.0297. The summed E-state index contributed by atoms with van der Waals surface area (Å²) < 4.78 is 40.9. The summed E-state index contributed by atoms with van der Waals surface area (Å²) in [7, 11) is 0. The van der Waals surface area contributed by atoms with Crippen molar-refractivity contribution in [3.8, 4) is 0 Å². The number of nitrogens with one attached hydrogen (secondary N) is 1. The number of anilines is 1. The van der Waals surface area contributed by atoms with Crippen molar-refractivity contribution in [2.75, 3.05) is 11.9 Å². The van der Waals surface area contributed by atoms with Gasteiger partial charge >= 0.3 is 6.18 Å². The molecule has 0 unspecified atom stereocenters. The largest absolute Gasteiger partial charge is 0.416 e. The van der Waals surface area contributed by atoms with Crippen molar-refractivity contribution in [1.82, 2.24) is 14.7 Å². The molecule has 0 amide bonds. The lowest BCUT2D eigenvalue weighted by molar-refractivity contribution is -0.138. The van der Waals surface area contributed by atoms with Crippen LogP contribution >= 0.6 is 0 Å². The molecule has 10 heteroatoms. The van der Waals surface area contributed by atoms with E-state index < -0.39 is 17.3 Å². The van der Waals surface area contributed by atoms with Crippen LogP contribution in [0, 0.1) is 6.92 Å². The topological polar surface area (TPSA) is 86.1 Å². The van der Waals surface area contributed by atoms with Crippen LogP contribution in [-0.2, 0) is 12.7 Å². The van der Waals surface area contributed by atoms with E-state index >= 15 is 0 Å². The molecule has 31 heavy (non-hydrogen) atoms. The molecule has 2 aromatic heterocycles. The lowest BCUT2D eigenvalue weighted by Gasteiger charge is -2.18. The van der Waals surface area contributed by atoms with Gasteiger partial charge in [-0.25, -0.2) is 9.97 Å². The van der Waals surface area contributed by atoms with Gasteiger partial charge in [-0.2, -0.15) is 13.2 Å². The van der Waals surface area contributed by atoms with Gasteiger partial charge in [0.1, 0.15) is 18.5 Å². The fourth-order valence-electron chi connectivity index (χ4n) is 3.20. The van der Waals surface area contributed by atoms with Crippen LogP contribution in [0.2, 0.25) is 0 Å². The van der Waals surface area contributed by atoms with Crippen molar-refractivity contribution in [2.45, 2.75) is 39.4 Å². The van der Waals surface area contributed by atoms with E-state index in [1.54, 1.807) is 6.92 Å². The highest BCUT2D eigenvalue weighted by atomic mass is 19.4. The fourth-order valence-corrected chi connectivity index (χ4v) is 3.20. The Morgan fingerprint density at radius 2 is 1.97 bits per heavy atom. The number of hydrogen-bond acceptors (Lipinski definition) is 6. The number of aromatic nitrogens is 3. The SMILES string of the molecule is CCCCOn1c(=O)c(C=O)c(NCc2ccccc2C(F)(F)F)c2c(C)ncnc21. The Balaban J connectivity index is 2.13. The molecule has 0 radical (unpaired) electrons. The predicted octanol–water partition coefficient (Wildman–Crippen LogP) is 3.77. The monoisotopic (exact) mass is 434 g/mol. The highest BCUT2D eigenvalue weighted by molar-refractivity contribution is 6.00. The highest BCUT2D eigenvalue weighted by Gasteiger charge is 2.33. The Morgan fingerprint density at radius 3 is 2.65 bits per heavy atom. The van der Waals surface area contributed by atoms with Gasteiger partial charge in [0.05, 0.1) is 22.3 Å². The Labute approximate surface area is 175 Å². The molecule has 164 valence electrons. The molecule has 3 rings (SSSR count). The van der Waals surface area contributed by atoms with Crippen molar-refractivity contribution < 1.29 is 22.8 Å². The van der Waals surface area contributed by atoms with Gasteiger partial charge in [-0.15, -0.1) is 4.73 Å². The van der Waals surface area contributed by atoms with Gasteiger partial charge in [-0.3, -0.25) is 9.59 Å². The van der Waals surface area contributed by atoms with Crippen LogP contribution < -0.4 is 15.7 Å². The molecule has 0 bridgehead atoms. The van der Waals surface area contributed by atoms with E-state index in [1.807, 2.05) is 6.92 Å². The number of carbonyl (C=O) groups excluding carboxylic acids is 1. The number of benzene rings is 1. The molecule has 0 saturated carbocycles. The summed E-state index contributed by atoms with van der Waals surface area (Å²) in [5.74, 6) is 0. The van der Waals surface area contributed by atoms with Crippen LogP contribution in [0.1, 0.15) is 46.9 Å². The summed E-state index contributed by atoms with van der Waals surface area (Å²) in [6, 6.07) is 5.09. The molecule has 1 aromatic carbocycles. The third kappa shape index (κ3) is 4.52. The van der Waals surface area contributed by atoms with E-state index in [4.69, 9.17) is 4.84 Å². The number of fused-ring (bicyclic) bond motifs is 1. The smallest absolute Gasteiger partial charge is 0.409 e. The number of carbonyl (C=O) groups is 1. The summed E-state index contributed by atoms with van der Waals surface area (Å²) in [4.78, 5) is 38.5. The van der Waals surface area contributed by atoms with Crippen molar-refractivity contribution in [1.29, 1.82) is 0 Å². The van der Waals surface area contributed by atoms with Crippen LogP contribution in [0.25, 0.3) is 11.0 Å². The van der Waals surface area contributed by atoms with Gasteiger partial charge in [0, 0.05) is 6.54 Å². The minimum Gasteiger partial charge on any atom is -0.409 e. The van der Waals surface area contributed by atoms with Gasteiger partial charge in [0.2, 0.25) is 0 Å². The lowest BCUT2D eigenvalue weighted by atomic mass is 10.1. The Morgan fingerprint density at radius 1 is 1.23 bits per heavy atom. The van der Waals surface area contributed by atoms with Crippen LogP contribution in [-0.4, -0.2) is 27.6 Å². The number of alkyl halides is 3. The molecule has 0 spiro atoms. The first-order valence-electron chi connectivity index (χ1n) is 9.67. The fraction of sp³-hybridized carbons (Fsp3) is 0.333. The summed E-state index contributed by atoms with van der Waals surface area (Å²) in [6.45, 7) is 3.58. The Hall–Kier alpha value is -3.43. The van der Waals surface area contributed by atoms with Crippen molar-refractivity contribution >= 4 is 23.0 Å². The first-order chi connectivity index (χ1) is 14.8. The van der Waals surface area contributed by atoms with E-state index in [0.717, 1.165) is 17.2 Å². The molecule has 0 atom stereocenters. The standard InChI is InChI=1S/C21H21F3N4O3/c1-3-4-9-31-28-19-17(13(2)26-12-27-19)18(15(11-29)20(28)30)25-10-14-7-5-6-8-16(14)21(22,23)24/h5-8,11-12,25H,3-4,9-10H2,1-2H3. The van der Waals surface area contributed by atoms with Crippen LogP contribution in [0.3, 0.4) is 0 Å². The Bertz CT molecular complexity index is 1160. The van der Waals surface area contributed by atoms with Crippen molar-refractivity contribution in [3.63, 3.8) is 0 Å². The number of nitrogens with zero attached hydrogens (tertiary/aromatic N) is 3. The maximum Gasteiger partial charge on any atom is 0.416 e. The summed E-state index contributed by atoms with van der Waals surface area (Å²) >= 11 is 0. The summed E-state index contributed by atoms with van der Waals surface area (Å²) in [6.07, 6.45) is -1.42. The molecular weight excluding hydrogens is 413 g/mol. The number of aryl methyl sites for hydroxylation is 1. The molecule has 0 saturated heterocycles. The molecule has 2 heterocycles. The van der Waals surface area contributed by atoms with Crippen LogP contribution in [0.15, 0.2) is 35.4 Å². The van der Waals surface area contributed by atoms with Crippen LogP contribution in [0.4, 0.5) is 18.9 Å². The number of pyridine rings is 1. The van der Waals surface area contributed by atoms with Gasteiger partial charge in [-0.05, 0) is 25.0 Å². The molecule has 7 nitrogen and oxygen atoms in total. The molecular formula is C21H21F3N4O3. The maximum absolute atomic E-state index is 13.3. The zero-order chi connectivity index (χ0) is 22.6. The van der Waals surface area contributed by atoms with E-state index in [1.165, 1.54) is 24.5 Å². The molecule has 0 fully saturated rings. The van der Waals surface area contributed by atoms with Crippen LogP contribution in [0.5, 0.6) is 0 Å². The summed E-state index contributed by atoms with van der Waals surface area (Å²) in [5, 5.41) is 3.16. The highest BCUT2D eigenvalue weighted by Crippen LogP contribution is 2.33. The quantitative estimate of drug-likeness (QED) is 0.429. The van der Waals surface area contributed by atoms with E-state index in [9.17, 15) is 22.8 Å². The van der Waals surface area contributed by atoms with Gasteiger partial charge in [-0.1, -0.05) is 31.5 Å². The van der Waals surface area contributed by atoms with Crippen molar-refractivity contribution in [3.05, 3.63) is 63.3 Å². The van der Waals surface area contributed by atoms with Crippen molar-refractivity contribution in [2.24, 2.45) is 0 Å². The zero-order valence-electron chi connectivity index (χ0n) is 17.0. The zero-order valence-corrected chi connectivity index (χ0v) is 17.0. The molecule has 0 aliphatic heterocycles. The Kier molecular flexibility index (Phi) is 6.57. The molecule has 0 aliphatic carbocycles. The second-order valence-electron chi connectivity index (χ2n) is 6.86. The first-order valence-corrected chi connectivity index (χ1v) is 9.67. The number of hydrogen-bond donors (Lipinski definition) is 1. The average Bonchev–Trinajstić information content (AvgIpc) is 2.73. The van der Waals surface area contributed by atoms with Gasteiger partial charge < -0.3 is 10.2 Å². The van der Waals surface area contributed by atoms with Gasteiger partial charge in [0.25, 0.3) is 5.56 Å². The maximum atomic E-state index is 13.3. The number of halogens is 3. The third-order valence-corrected chi connectivity index (χ3v) is 4.76. The predicted molar refractivity (Wildman–Crippen MR) is 109 cm³/mol. The lowest BCUT2D eigenvalue weighted by Crippen LogP contribution is -2.32.